The number of unbranched alkanes of at least 4 members (excludes halogenated alkanes) is 5. The van der Waals surface area contributed by atoms with Crippen LogP contribution in [0.25, 0.3) is 0 Å². The normalized spacial score (nSPS) is 17.1. The van der Waals surface area contributed by atoms with Gasteiger partial charge in [-0.2, -0.15) is 0 Å². The van der Waals surface area contributed by atoms with Crippen LogP contribution >= 0.6 is 0 Å². The van der Waals surface area contributed by atoms with Crippen LogP contribution in [0.1, 0.15) is 66.4 Å². The first-order valence-corrected chi connectivity index (χ1v) is 11.7. The van der Waals surface area contributed by atoms with Gasteiger partial charge in [-0.25, -0.2) is 0 Å². The predicted molar refractivity (Wildman–Crippen MR) is 128 cm³/mol. The van der Waals surface area contributed by atoms with E-state index >= 15 is 0 Å². The SMILES string of the molecule is COc1c2c(c(OC)c(OC)c1OC)C(=O)C(CCCCCCCCO)(c1ccccc1)C2. The van der Waals surface area contributed by atoms with E-state index in [1.165, 1.54) is 7.11 Å². The molecule has 33 heavy (non-hydrogen) atoms. The highest BCUT2D eigenvalue weighted by atomic mass is 16.5. The van der Waals surface area contributed by atoms with E-state index in [1.807, 2.05) is 30.3 Å². The van der Waals surface area contributed by atoms with Gasteiger partial charge in [-0.1, -0.05) is 62.4 Å². The Kier molecular flexibility index (Phi) is 8.61. The summed E-state index contributed by atoms with van der Waals surface area (Å²) in [5, 5.41) is 8.97. The number of methoxy groups -OCH3 is 4. The average molecular weight is 457 g/mol. The maximum atomic E-state index is 14.2. The number of carbonyl (C=O) groups is 1. The fourth-order valence-corrected chi connectivity index (χ4v) is 5.10. The Balaban J connectivity index is 2.02. The van der Waals surface area contributed by atoms with Crippen molar-refractivity contribution in [3.05, 3.63) is 47.0 Å². The van der Waals surface area contributed by atoms with Crippen molar-refractivity contribution in [1.29, 1.82) is 0 Å². The largest absolute Gasteiger partial charge is 0.492 e. The maximum Gasteiger partial charge on any atom is 0.208 e. The molecule has 1 unspecified atom stereocenters. The quantitative estimate of drug-likeness (QED) is 0.422. The van der Waals surface area contributed by atoms with Gasteiger partial charge in [0.25, 0.3) is 0 Å². The van der Waals surface area contributed by atoms with Crippen molar-refractivity contribution in [2.45, 2.75) is 56.8 Å². The molecule has 0 bridgehead atoms. The van der Waals surface area contributed by atoms with Crippen molar-refractivity contribution in [2.75, 3.05) is 35.0 Å². The van der Waals surface area contributed by atoms with Crippen molar-refractivity contribution < 1.29 is 28.8 Å². The highest BCUT2D eigenvalue weighted by molar-refractivity contribution is 6.12. The molecule has 1 aliphatic rings. The molecule has 0 radical (unpaired) electrons. The number of hydrogen-bond acceptors (Lipinski definition) is 6. The second-order valence-corrected chi connectivity index (χ2v) is 8.54. The Labute approximate surface area is 196 Å². The molecular weight excluding hydrogens is 420 g/mol. The number of ketones is 1. The predicted octanol–water partition coefficient (Wildman–Crippen LogP) is 5.12. The van der Waals surface area contributed by atoms with Crippen LogP contribution in [0.3, 0.4) is 0 Å². The first kappa shape index (κ1) is 24.9. The summed E-state index contributed by atoms with van der Waals surface area (Å²) in [5.74, 6) is 1.78. The molecule has 0 spiro atoms. The third-order valence-corrected chi connectivity index (χ3v) is 6.72. The van der Waals surface area contributed by atoms with E-state index < -0.39 is 5.41 Å². The Morgan fingerprint density at radius 3 is 1.88 bits per heavy atom. The molecule has 6 nitrogen and oxygen atoms in total. The van der Waals surface area contributed by atoms with Crippen LogP contribution in [0.5, 0.6) is 23.0 Å². The summed E-state index contributed by atoms with van der Waals surface area (Å²) in [5.41, 5.74) is 1.66. The van der Waals surface area contributed by atoms with E-state index in [0.717, 1.165) is 56.1 Å². The maximum absolute atomic E-state index is 14.2. The lowest BCUT2D eigenvalue weighted by Gasteiger charge is -2.28. The van der Waals surface area contributed by atoms with Gasteiger partial charge in [0, 0.05) is 12.2 Å². The van der Waals surface area contributed by atoms with E-state index in [2.05, 4.69) is 0 Å². The van der Waals surface area contributed by atoms with E-state index in [0.29, 0.717) is 35.0 Å². The number of carbonyl (C=O) groups excluding carboxylic acids is 1. The summed E-state index contributed by atoms with van der Waals surface area (Å²) in [6.45, 7) is 0.250. The number of ether oxygens (including phenoxy) is 4. The van der Waals surface area contributed by atoms with Gasteiger partial charge in [-0.3, -0.25) is 4.79 Å². The first-order valence-electron chi connectivity index (χ1n) is 11.7. The van der Waals surface area contributed by atoms with Crippen molar-refractivity contribution in [3.63, 3.8) is 0 Å². The first-order chi connectivity index (χ1) is 16.1. The molecule has 2 aromatic rings. The molecule has 0 aliphatic heterocycles. The van der Waals surface area contributed by atoms with Crippen LogP contribution in [-0.2, 0) is 11.8 Å². The molecular formula is C27H36O6. The Bertz CT molecular complexity index is 940. The molecule has 0 aromatic heterocycles. The molecule has 0 saturated heterocycles. The fourth-order valence-electron chi connectivity index (χ4n) is 5.10. The van der Waals surface area contributed by atoms with Gasteiger partial charge in [-0.15, -0.1) is 0 Å². The van der Waals surface area contributed by atoms with Gasteiger partial charge in [0.1, 0.15) is 0 Å². The molecule has 0 fully saturated rings. The lowest BCUT2D eigenvalue weighted by atomic mass is 9.73. The van der Waals surface area contributed by atoms with E-state index in [-0.39, 0.29) is 12.4 Å². The van der Waals surface area contributed by atoms with Crippen LogP contribution in [-0.4, -0.2) is 45.9 Å². The fraction of sp³-hybridized carbons (Fsp3) is 0.519. The van der Waals surface area contributed by atoms with Gasteiger partial charge in [-0.05, 0) is 24.8 Å². The number of rotatable bonds is 13. The molecule has 0 amide bonds. The highest BCUT2D eigenvalue weighted by Gasteiger charge is 2.50. The molecule has 2 aromatic carbocycles. The molecule has 0 heterocycles. The topological polar surface area (TPSA) is 74.2 Å². The Morgan fingerprint density at radius 2 is 1.30 bits per heavy atom. The average Bonchev–Trinajstić information content (AvgIpc) is 3.15. The Hall–Kier alpha value is -2.73. The molecule has 1 aliphatic carbocycles. The minimum atomic E-state index is -0.688. The summed E-state index contributed by atoms with van der Waals surface area (Å²) < 4.78 is 22.7. The second kappa shape index (κ2) is 11.4. The van der Waals surface area contributed by atoms with Gasteiger partial charge in [0.05, 0.1) is 39.4 Å². The number of aliphatic hydroxyl groups excluding tert-OH is 1. The zero-order chi connectivity index (χ0) is 23.8. The number of aliphatic hydroxyl groups is 1. The summed E-state index contributed by atoms with van der Waals surface area (Å²) in [6.07, 6.45) is 7.33. The zero-order valence-corrected chi connectivity index (χ0v) is 20.2. The molecule has 180 valence electrons. The molecule has 1 atom stereocenters. The minimum absolute atomic E-state index is 0.0417. The van der Waals surface area contributed by atoms with Crippen molar-refractivity contribution >= 4 is 5.78 Å². The van der Waals surface area contributed by atoms with Crippen molar-refractivity contribution in [2.24, 2.45) is 0 Å². The van der Waals surface area contributed by atoms with Crippen LogP contribution in [0.15, 0.2) is 30.3 Å². The number of hydrogen-bond donors (Lipinski definition) is 1. The highest BCUT2D eigenvalue weighted by Crippen LogP contribution is 2.56. The van der Waals surface area contributed by atoms with Crippen molar-refractivity contribution in [3.8, 4) is 23.0 Å². The van der Waals surface area contributed by atoms with E-state index in [9.17, 15) is 4.79 Å². The molecule has 1 N–H and O–H groups in total. The van der Waals surface area contributed by atoms with E-state index in [1.54, 1.807) is 21.3 Å². The summed E-state index contributed by atoms with van der Waals surface area (Å²) in [7, 11) is 6.23. The number of benzene rings is 2. The summed E-state index contributed by atoms with van der Waals surface area (Å²) in [6, 6.07) is 10.0. The van der Waals surface area contributed by atoms with Crippen LogP contribution in [0.2, 0.25) is 0 Å². The van der Waals surface area contributed by atoms with Crippen LogP contribution in [0, 0.1) is 0 Å². The molecule has 3 rings (SSSR count). The van der Waals surface area contributed by atoms with Gasteiger partial charge in [0.2, 0.25) is 11.5 Å². The summed E-state index contributed by atoms with van der Waals surface area (Å²) in [4.78, 5) is 14.2. The molecule has 6 heteroatoms. The third-order valence-electron chi connectivity index (χ3n) is 6.72. The standard InChI is InChI=1S/C27H36O6/c1-30-22-20-18-27(19-14-10-9-11-15-19,16-12-7-5-6-8-13-17-28)26(29)21(20)23(31-2)25(33-4)24(22)32-3/h9-11,14-15,28H,5-8,12-13,16-18H2,1-4H3. The van der Waals surface area contributed by atoms with Crippen molar-refractivity contribution in [1.82, 2.24) is 0 Å². The zero-order valence-electron chi connectivity index (χ0n) is 20.2. The van der Waals surface area contributed by atoms with Gasteiger partial charge in [0.15, 0.2) is 17.3 Å². The monoisotopic (exact) mass is 456 g/mol. The van der Waals surface area contributed by atoms with Crippen LogP contribution < -0.4 is 18.9 Å². The second-order valence-electron chi connectivity index (χ2n) is 8.54. The summed E-state index contributed by atoms with van der Waals surface area (Å²) >= 11 is 0. The Morgan fingerprint density at radius 1 is 0.758 bits per heavy atom. The minimum Gasteiger partial charge on any atom is -0.492 e. The molecule has 0 saturated carbocycles. The smallest absolute Gasteiger partial charge is 0.208 e. The lowest BCUT2D eigenvalue weighted by Crippen LogP contribution is -2.33. The van der Waals surface area contributed by atoms with Gasteiger partial charge < -0.3 is 24.1 Å². The van der Waals surface area contributed by atoms with Crippen LogP contribution in [0.4, 0.5) is 0 Å². The number of Topliss-reactive ketones (excluding diaryl/α,β-unsaturated/α-hetero) is 1. The lowest BCUT2D eigenvalue weighted by molar-refractivity contribution is 0.0888. The number of fused-ring (bicyclic) bond motifs is 1. The van der Waals surface area contributed by atoms with Gasteiger partial charge >= 0.3 is 0 Å². The van der Waals surface area contributed by atoms with E-state index in [4.69, 9.17) is 24.1 Å². The third kappa shape index (κ3) is 4.67.